The molecule has 0 saturated carbocycles. The third-order valence-electron chi connectivity index (χ3n) is 2.82. The Morgan fingerprint density at radius 1 is 0.929 bits per heavy atom. The summed E-state index contributed by atoms with van der Waals surface area (Å²) in [6.45, 7) is 4.24. The third-order valence-corrected chi connectivity index (χ3v) is 2.82. The van der Waals surface area contributed by atoms with Crippen molar-refractivity contribution in [2.24, 2.45) is 5.92 Å². The lowest BCUT2D eigenvalue weighted by Gasteiger charge is -2.20. The summed E-state index contributed by atoms with van der Waals surface area (Å²) in [6, 6.07) is 0. The molecule has 0 amide bonds. The molecular weight excluding hydrogens is 176 g/mol. The molecule has 0 aromatic carbocycles. The van der Waals surface area contributed by atoms with Gasteiger partial charge >= 0.3 is 0 Å². The fourth-order valence-corrected chi connectivity index (χ4v) is 1.88. The lowest BCUT2D eigenvalue weighted by atomic mass is 9.91. The molecule has 0 radical (unpaired) electrons. The first-order valence-corrected chi connectivity index (χ1v) is 6.05. The van der Waals surface area contributed by atoms with Gasteiger partial charge in [-0.1, -0.05) is 46.0 Å². The summed E-state index contributed by atoms with van der Waals surface area (Å²) >= 11 is 0. The van der Waals surface area contributed by atoms with Crippen LogP contribution in [0.3, 0.4) is 0 Å². The second kappa shape index (κ2) is 9.47. The van der Waals surface area contributed by atoms with E-state index in [4.69, 9.17) is 5.11 Å². The fraction of sp³-hybridized carbons (Fsp3) is 1.00. The molecule has 0 aromatic heterocycles. The van der Waals surface area contributed by atoms with Crippen molar-refractivity contribution in [2.75, 3.05) is 6.61 Å². The van der Waals surface area contributed by atoms with Crippen LogP contribution >= 0.6 is 0 Å². The number of aliphatic hydroxyl groups excluding tert-OH is 2. The van der Waals surface area contributed by atoms with Crippen LogP contribution in [0, 0.1) is 5.92 Å². The van der Waals surface area contributed by atoms with Crippen molar-refractivity contribution < 1.29 is 10.2 Å². The number of rotatable bonds is 9. The number of hydrogen-bond acceptors (Lipinski definition) is 2. The Hall–Kier alpha value is -0.0800. The summed E-state index contributed by atoms with van der Waals surface area (Å²) in [7, 11) is 0. The lowest BCUT2D eigenvalue weighted by Crippen LogP contribution is -2.24. The van der Waals surface area contributed by atoms with E-state index in [2.05, 4.69) is 13.8 Å². The Morgan fingerprint density at radius 2 is 1.64 bits per heavy atom. The normalized spacial score (nSPS) is 15.4. The largest absolute Gasteiger partial charge is 0.394 e. The average Bonchev–Trinajstić information content (AvgIpc) is 2.21. The standard InChI is InChI=1S/C12H26O2/c1-3-5-6-7-9-11(8-4-2)12(14)10-13/h11-14H,3-10H2,1-2H3/t11-,12+/m0/s1. The van der Waals surface area contributed by atoms with Gasteiger partial charge in [0.1, 0.15) is 0 Å². The molecule has 2 nitrogen and oxygen atoms in total. The zero-order valence-corrected chi connectivity index (χ0v) is 9.71. The molecule has 2 N–H and O–H groups in total. The molecule has 2 heteroatoms. The monoisotopic (exact) mass is 202 g/mol. The third kappa shape index (κ3) is 6.39. The van der Waals surface area contributed by atoms with Crippen molar-refractivity contribution >= 4 is 0 Å². The van der Waals surface area contributed by atoms with Crippen molar-refractivity contribution in [3.05, 3.63) is 0 Å². The molecule has 0 heterocycles. The van der Waals surface area contributed by atoms with E-state index in [1.165, 1.54) is 25.7 Å². The quantitative estimate of drug-likeness (QED) is 0.564. The van der Waals surface area contributed by atoms with Crippen molar-refractivity contribution in [3.8, 4) is 0 Å². The molecule has 0 spiro atoms. The van der Waals surface area contributed by atoms with E-state index in [0.29, 0.717) is 5.92 Å². The first-order valence-electron chi connectivity index (χ1n) is 6.05. The maximum absolute atomic E-state index is 9.56. The Morgan fingerprint density at radius 3 is 2.14 bits per heavy atom. The first-order chi connectivity index (χ1) is 6.76. The number of aliphatic hydroxyl groups is 2. The van der Waals surface area contributed by atoms with Crippen LogP contribution in [0.2, 0.25) is 0 Å². The highest BCUT2D eigenvalue weighted by Crippen LogP contribution is 2.19. The molecule has 0 aliphatic rings. The highest BCUT2D eigenvalue weighted by Gasteiger charge is 2.16. The van der Waals surface area contributed by atoms with Crippen LogP contribution in [-0.2, 0) is 0 Å². The Labute approximate surface area is 88.3 Å². The maximum atomic E-state index is 9.56. The minimum absolute atomic E-state index is 0.0849. The van der Waals surface area contributed by atoms with Gasteiger partial charge in [0.05, 0.1) is 12.7 Å². The van der Waals surface area contributed by atoms with Crippen LogP contribution in [0.25, 0.3) is 0 Å². The molecule has 0 aliphatic carbocycles. The van der Waals surface area contributed by atoms with Crippen molar-refractivity contribution in [2.45, 2.75) is 64.9 Å². The molecule has 86 valence electrons. The summed E-state index contributed by atoms with van der Waals surface area (Å²) in [6.07, 6.45) is 7.68. The van der Waals surface area contributed by atoms with Crippen LogP contribution < -0.4 is 0 Å². The van der Waals surface area contributed by atoms with Crippen molar-refractivity contribution in [1.29, 1.82) is 0 Å². The van der Waals surface area contributed by atoms with Gasteiger partial charge in [0.2, 0.25) is 0 Å². The van der Waals surface area contributed by atoms with Crippen LogP contribution in [0.4, 0.5) is 0 Å². The zero-order valence-electron chi connectivity index (χ0n) is 9.71. The van der Waals surface area contributed by atoms with Gasteiger partial charge in [-0.05, 0) is 18.8 Å². The van der Waals surface area contributed by atoms with E-state index in [0.717, 1.165) is 19.3 Å². The Kier molecular flexibility index (Phi) is 9.42. The topological polar surface area (TPSA) is 40.5 Å². The molecule has 0 aliphatic heterocycles. The van der Waals surface area contributed by atoms with Crippen LogP contribution in [0.5, 0.6) is 0 Å². The van der Waals surface area contributed by atoms with Gasteiger partial charge in [-0.15, -0.1) is 0 Å². The van der Waals surface area contributed by atoms with Gasteiger partial charge in [-0.3, -0.25) is 0 Å². The van der Waals surface area contributed by atoms with Gasteiger partial charge in [0.25, 0.3) is 0 Å². The maximum Gasteiger partial charge on any atom is 0.0799 e. The van der Waals surface area contributed by atoms with Gasteiger partial charge < -0.3 is 10.2 Å². The van der Waals surface area contributed by atoms with E-state index < -0.39 is 6.10 Å². The van der Waals surface area contributed by atoms with Gasteiger partial charge in [-0.25, -0.2) is 0 Å². The van der Waals surface area contributed by atoms with Gasteiger partial charge in [0, 0.05) is 0 Å². The first kappa shape index (κ1) is 13.9. The molecule has 0 rings (SSSR count). The van der Waals surface area contributed by atoms with E-state index in [1.807, 2.05) is 0 Å². The molecular formula is C12H26O2. The summed E-state index contributed by atoms with van der Waals surface area (Å²) in [4.78, 5) is 0. The predicted octanol–water partition coefficient (Wildman–Crippen LogP) is 2.73. The highest BCUT2D eigenvalue weighted by molar-refractivity contribution is 4.67. The minimum Gasteiger partial charge on any atom is -0.394 e. The van der Waals surface area contributed by atoms with Crippen molar-refractivity contribution in [1.82, 2.24) is 0 Å². The molecule has 0 saturated heterocycles. The summed E-state index contributed by atoms with van der Waals surface area (Å²) in [5.74, 6) is 0.307. The molecule has 0 bridgehead atoms. The number of unbranched alkanes of at least 4 members (excludes halogenated alkanes) is 3. The Bertz CT molecular complexity index is 115. The minimum atomic E-state index is -0.503. The smallest absolute Gasteiger partial charge is 0.0799 e. The fourth-order valence-electron chi connectivity index (χ4n) is 1.88. The van der Waals surface area contributed by atoms with Crippen LogP contribution in [0.15, 0.2) is 0 Å². The highest BCUT2D eigenvalue weighted by atomic mass is 16.3. The lowest BCUT2D eigenvalue weighted by molar-refractivity contribution is 0.0390. The molecule has 0 aromatic rings. The van der Waals surface area contributed by atoms with Crippen LogP contribution in [-0.4, -0.2) is 22.9 Å². The summed E-state index contributed by atoms with van der Waals surface area (Å²) in [5, 5.41) is 18.4. The Balaban J connectivity index is 3.61. The van der Waals surface area contributed by atoms with E-state index >= 15 is 0 Å². The molecule has 0 unspecified atom stereocenters. The molecule has 0 fully saturated rings. The summed E-state index contributed by atoms with van der Waals surface area (Å²) in [5.41, 5.74) is 0. The predicted molar refractivity (Wildman–Crippen MR) is 60.2 cm³/mol. The second-order valence-corrected chi connectivity index (χ2v) is 4.15. The van der Waals surface area contributed by atoms with Crippen molar-refractivity contribution in [3.63, 3.8) is 0 Å². The average molecular weight is 202 g/mol. The van der Waals surface area contributed by atoms with Gasteiger partial charge in [0.15, 0.2) is 0 Å². The number of hydrogen-bond donors (Lipinski definition) is 2. The SMILES string of the molecule is CCCCCC[C@H](CCC)[C@H](O)CO. The second-order valence-electron chi connectivity index (χ2n) is 4.15. The van der Waals surface area contributed by atoms with E-state index in [9.17, 15) is 5.11 Å². The molecule has 2 atom stereocenters. The molecule has 14 heavy (non-hydrogen) atoms. The summed E-state index contributed by atoms with van der Waals surface area (Å²) < 4.78 is 0. The van der Waals surface area contributed by atoms with E-state index in [-0.39, 0.29) is 6.61 Å². The van der Waals surface area contributed by atoms with E-state index in [1.54, 1.807) is 0 Å². The van der Waals surface area contributed by atoms with Gasteiger partial charge in [-0.2, -0.15) is 0 Å². The van der Waals surface area contributed by atoms with Crippen LogP contribution in [0.1, 0.15) is 58.8 Å². The zero-order chi connectivity index (χ0) is 10.8.